The smallest absolute Gasteiger partial charge is 0.409 e. The van der Waals surface area contributed by atoms with Crippen LogP contribution >= 0.6 is 0 Å². The zero-order valence-electron chi connectivity index (χ0n) is 13.8. The van der Waals surface area contributed by atoms with Crippen molar-refractivity contribution in [2.45, 2.75) is 44.7 Å². The van der Waals surface area contributed by atoms with Crippen LogP contribution in [0.2, 0.25) is 0 Å². The van der Waals surface area contributed by atoms with Crippen LogP contribution < -0.4 is 10.6 Å². The average molecular weight is 333 g/mol. The van der Waals surface area contributed by atoms with Crippen LogP contribution in [-0.4, -0.2) is 58.6 Å². The molecule has 3 rings (SSSR count). The van der Waals surface area contributed by atoms with E-state index in [2.05, 4.69) is 20.6 Å². The van der Waals surface area contributed by atoms with Crippen LogP contribution in [-0.2, 0) is 4.74 Å². The normalized spacial score (nSPS) is 18.1. The van der Waals surface area contributed by atoms with Crippen LogP contribution in [0, 0.1) is 0 Å². The molecule has 0 atom stereocenters. The number of anilines is 1. The lowest BCUT2D eigenvalue weighted by molar-refractivity contribution is 0.0943. The Labute approximate surface area is 141 Å². The van der Waals surface area contributed by atoms with E-state index in [0.29, 0.717) is 37.4 Å². The predicted molar refractivity (Wildman–Crippen MR) is 87.8 cm³/mol. The van der Waals surface area contributed by atoms with Crippen molar-refractivity contribution in [3.8, 4) is 0 Å². The van der Waals surface area contributed by atoms with Crippen molar-refractivity contribution >= 4 is 17.9 Å². The summed E-state index contributed by atoms with van der Waals surface area (Å²) in [6, 6.07) is 2.10. The molecule has 8 nitrogen and oxygen atoms in total. The van der Waals surface area contributed by atoms with Crippen LogP contribution in [0.3, 0.4) is 0 Å². The highest BCUT2D eigenvalue weighted by Gasteiger charge is 2.26. The summed E-state index contributed by atoms with van der Waals surface area (Å²) >= 11 is 0. The van der Waals surface area contributed by atoms with Crippen LogP contribution in [0.15, 0.2) is 12.3 Å². The molecular formula is C16H23N5O3. The van der Waals surface area contributed by atoms with E-state index < -0.39 is 0 Å². The second kappa shape index (κ2) is 7.46. The Morgan fingerprint density at radius 3 is 2.67 bits per heavy atom. The molecule has 0 unspecified atom stereocenters. The van der Waals surface area contributed by atoms with Crippen LogP contribution in [0.5, 0.6) is 0 Å². The standard InChI is InChI=1S/C16H23N5O3/c1-2-24-16(23)21-9-6-12(7-10-21)19-15-17-8-5-13(20-15)14(22)18-11-3-4-11/h5,8,11-12H,2-4,6-7,9-10H2,1H3,(H,18,22)(H,17,19,20). The van der Waals surface area contributed by atoms with Crippen molar-refractivity contribution in [3.63, 3.8) is 0 Å². The van der Waals surface area contributed by atoms with Crippen molar-refractivity contribution in [2.75, 3.05) is 25.0 Å². The maximum Gasteiger partial charge on any atom is 0.409 e. The lowest BCUT2D eigenvalue weighted by Crippen LogP contribution is -2.42. The molecule has 0 spiro atoms. The first-order valence-corrected chi connectivity index (χ1v) is 8.48. The van der Waals surface area contributed by atoms with E-state index in [-0.39, 0.29) is 18.0 Å². The van der Waals surface area contributed by atoms with Crippen LogP contribution in [0.25, 0.3) is 0 Å². The molecule has 2 fully saturated rings. The predicted octanol–water partition coefficient (Wildman–Crippen LogP) is 1.40. The zero-order chi connectivity index (χ0) is 16.9. The Morgan fingerprint density at radius 2 is 2.00 bits per heavy atom. The maximum absolute atomic E-state index is 12.0. The topological polar surface area (TPSA) is 96.5 Å². The summed E-state index contributed by atoms with van der Waals surface area (Å²) in [4.78, 5) is 33.9. The van der Waals surface area contributed by atoms with Gasteiger partial charge in [-0.05, 0) is 38.7 Å². The lowest BCUT2D eigenvalue weighted by Gasteiger charge is -2.31. The van der Waals surface area contributed by atoms with E-state index in [0.717, 1.165) is 25.7 Å². The Kier molecular flexibility index (Phi) is 5.12. The summed E-state index contributed by atoms with van der Waals surface area (Å²) in [6.45, 7) is 3.47. The third-order valence-corrected chi connectivity index (χ3v) is 4.15. The first-order valence-electron chi connectivity index (χ1n) is 8.48. The summed E-state index contributed by atoms with van der Waals surface area (Å²) in [7, 11) is 0. The lowest BCUT2D eigenvalue weighted by atomic mass is 10.1. The zero-order valence-corrected chi connectivity index (χ0v) is 13.8. The number of likely N-dealkylation sites (tertiary alicyclic amines) is 1. The van der Waals surface area contributed by atoms with Gasteiger partial charge in [0.1, 0.15) is 5.69 Å². The van der Waals surface area contributed by atoms with Gasteiger partial charge in [-0.15, -0.1) is 0 Å². The molecule has 0 bridgehead atoms. The molecular weight excluding hydrogens is 310 g/mol. The molecule has 2 amide bonds. The molecule has 24 heavy (non-hydrogen) atoms. The second-order valence-electron chi connectivity index (χ2n) is 6.12. The molecule has 2 N–H and O–H groups in total. The minimum Gasteiger partial charge on any atom is -0.450 e. The van der Waals surface area contributed by atoms with Gasteiger partial charge in [-0.3, -0.25) is 4.79 Å². The highest BCUT2D eigenvalue weighted by molar-refractivity contribution is 5.92. The molecule has 1 aliphatic heterocycles. The van der Waals surface area contributed by atoms with Crippen molar-refractivity contribution in [3.05, 3.63) is 18.0 Å². The minimum absolute atomic E-state index is 0.153. The van der Waals surface area contributed by atoms with Crippen LogP contribution in [0.1, 0.15) is 43.1 Å². The van der Waals surface area contributed by atoms with E-state index in [1.54, 1.807) is 24.1 Å². The van der Waals surface area contributed by atoms with Gasteiger partial charge in [-0.2, -0.15) is 0 Å². The van der Waals surface area contributed by atoms with Gasteiger partial charge in [0.15, 0.2) is 0 Å². The Balaban J connectivity index is 1.51. The summed E-state index contributed by atoms with van der Waals surface area (Å²) in [5.41, 5.74) is 0.378. The van der Waals surface area contributed by atoms with Crippen molar-refractivity contribution in [2.24, 2.45) is 0 Å². The Bertz CT molecular complexity index is 597. The van der Waals surface area contributed by atoms with Gasteiger partial charge in [-0.25, -0.2) is 14.8 Å². The molecule has 8 heteroatoms. The van der Waals surface area contributed by atoms with Gasteiger partial charge in [0.2, 0.25) is 5.95 Å². The molecule has 1 aliphatic carbocycles. The second-order valence-corrected chi connectivity index (χ2v) is 6.12. The number of carbonyl (C=O) groups excluding carboxylic acids is 2. The number of piperidine rings is 1. The van der Waals surface area contributed by atoms with E-state index in [1.807, 2.05) is 0 Å². The maximum atomic E-state index is 12.0. The summed E-state index contributed by atoms with van der Waals surface area (Å²) in [5, 5.41) is 6.17. The molecule has 1 aromatic heterocycles. The number of amides is 2. The number of hydrogen-bond acceptors (Lipinski definition) is 6. The first-order chi connectivity index (χ1) is 11.7. The average Bonchev–Trinajstić information content (AvgIpc) is 3.40. The van der Waals surface area contributed by atoms with Gasteiger partial charge < -0.3 is 20.3 Å². The number of ether oxygens (including phenoxy) is 1. The molecule has 130 valence electrons. The first kappa shape index (κ1) is 16.5. The van der Waals surface area contributed by atoms with Gasteiger partial charge in [0.25, 0.3) is 5.91 Å². The summed E-state index contributed by atoms with van der Waals surface area (Å²) in [6.07, 6.45) is 5.00. The van der Waals surface area contributed by atoms with Crippen LogP contribution in [0.4, 0.5) is 10.7 Å². The summed E-state index contributed by atoms with van der Waals surface area (Å²) in [5.74, 6) is 0.299. The third-order valence-electron chi connectivity index (χ3n) is 4.15. The minimum atomic E-state index is -0.258. The fraction of sp³-hybridized carbons (Fsp3) is 0.625. The van der Waals surface area contributed by atoms with E-state index in [9.17, 15) is 9.59 Å². The molecule has 1 aromatic rings. The van der Waals surface area contributed by atoms with E-state index in [4.69, 9.17) is 4.74 Å². The fourth-order valence-electron chi connectivity index (χ4n) is 2.65. The van der Waals surface area contributed by atoms with Crippen molar-refractivity contribution in [1.82, 2.24) is 20.2 Å². The largest absolute Gasteiger partial charge is 0.450 e. The molecule has 2 aliphatic rings. The molecule has 1 saturated carbocycles. The number of nitrogens with one attached hydrogen (secondary N) is 2. The quantitative estimate of drug-likeness (QED) is 0.845. The molecule has 1 saturated heterocycles. The number of carbonyl (C=O) groups is 2. The number of aromatic nitrogens is 2. The Hall–Kier alpha value is -2.38. The van der Waals surface area contributed by atoms with E-state index >= 15 is 0 Å². The SMILES string of the molecule is CCOC(=O)N1CCC(Nc2nccc(C(=O)NC3CC3)n2)CC1. The van der Waals surface area contributed by atoms with Crippen molar-refractivity contribution in [1.29, 1.82) is 0 Å². The highest BCUT2D eigenvalue weighted by Crippen LogP contribution is 2.19. The monoisotopic (exact) mass is 333 g/mol. The number of hydrogen-bond donors (Lipinski definition) is 2. The molecule has 0 radical (unpaired) electrons. The van der Waals surface area contributed by atoms with Gasteiger partial charge in [0.05, 0.1) is 6.61 Å². The van der Waals surface area contributed by atoms with Gasteiger partial charge in [0, 0.05) is 31.4 Å². The summed E-state index contributed by atoms with van der Waals surface area (Å²) < 4.78 is 5.01. The highest BCUT2D eigenvalue weighted by atomic mass is 16.6. The molecule has 0 aromatic carbocycles. The number of rotatable bonds is 5. The van der Waals surface area contributed by atoms with E-state index in [1.165, 1.54) is 0 Å². The third kappa shape index (κ3) is 4.33. The molecule has 2 heterocycles. The van der Waals surface area contributed by atoms with Crippen molar-refractivity contribution < 1.29 is 14.3 Å². The Morgan fingerprint density at radius 1 is 1.25 bits per heavy atom. The fourth-order valence-corrected chi connectivity index (χ4v) is 2.65. The van der Waals surface area contributed by atoms with Gasteiger partial charge >= 0.3 is 6.09 Å². The van der Waals surface area contributed by atoms with Gasteiger partial charge in [-0.1, -0.05) is 0 Å². The number of nitrogens with zero attached hydrogens (tertiary/aromatic N) is 3.